The molecule has 0 saturated carbocycles. The van der Waals surface area contributed by atoms with E-state index in [4.69, 9.17) is 10.00 Å². The van der Waals surface area contributed by atoms with E-state index in [0.29, 0.717) is 18.9 Å². The summed E-state index contributed by atoms with van der Waals surface area (Å²) >= 11 is 0. The number of hydrogen-bond acceptors (Lipinski definition) is 4. The molecule has 78 valence electrons. The van der Waals surface area contributed by atoms with Crippen LogP contribution >= 0.6 is 0 Å². The van der Waals surface area contributed by atoms with Crippen LogP contribution in [-0.4, -0.2) is 17.5 Å². The molecule has 0 amide bonds. The summed E-state index contributed by atoms with van der Waals surface area (Å²) in [6, 6.07) is 3.81. The molecule has 4 nitrogen and oxygen atoms in total. The normalized spacial score (nSPS) is 10.9. The maximum atomic E-state index is 8.48. The van der Waals surface area contributed by atoms with Crippen molar-refractivity contribution in [3.63, 3.8) is 0 Å². The Balaban J connectivity index is 2.80. The summed E-state index contributed by atoms with van der Waals surface area (Å²) in [5, 5.41) is 8.48. The van der Waals surface area contributed by atoms with Gasteiger partial charge in [0.2, 0.25) is 12.1 Å². The lowest BCUT2D eigenvalue weighted by molar-refractivity contribution is 0.320. The third kappa shape index (κ3) is 3.39. The molecule has 0 fully saturated rings. The summed E-state index contributed by atoms with van der Waals surface area (Å²) in [4.78, 5) is 7.78. The number of aromatic nitrogens is 1. The van der Waals surface area contributed by atoms with E-state index in [9.17, 15) is 0 Å². The van der Waals surface area contributed by atoms with Crippen molar-refractivity contribution < 1.29 is 4.74 Å². The Morgan fingerprint density at radius 3 is 3.07 bits per heavy atom. The summed E-state index contributed by atoms with van der Waals surface area (Å²) < 4.78 is 5.24. The lowest BCUT2D eigenvalue weighted by Gasteiger charge is -2.06. The van der Waals surface area contributed by atoms with Crippen LogP contribution < -0.4 is 0 Å². The first kappa shape index (κ1) is 11.2. The van der Waals surface area contributed by atoms with E-state index in [-0.39, 0.29) is 0 Å². The van der Waals surface area contributed by atoms with Crippen molar-refractivity contribution in [3.8, 4) is 6.19 Å². The lowest BCUT2D eigenvalue weighted by Crippen LogP contribution is -2.09. The van der Waals surface area contributed by atoms with Gasteiger partial charge in [0.25, 0.3) is 0 Å². The van der Waals surface area contributed by atoms with Crippen LogP contribution in [0.1, 0.15) is 18.2 Å². The van der Waals surface area contributed by atoms with Gasteiger partial charge in [-0.3, -0.25) is 4.98 Å². The van der Waals surface area contributed by atoms with Crippen LogP contribution in [-0.2, 0) is 11.2 Å². The molecular weight excluding hydrogens is 190 g/mol. The van der Waals surface area contributed by atoms with Gasteiger partial charge in [-0.1, -0.05) is 6.07 Å². The molecule has 1 aromatic heterocycles. The second kappa shape index (κ2) is 5.76. The van der Waals surface area contributed by atoms with Crippen LogP contribution in [0.15, 0.2) is 23.3 Å². The largest absolute Gasteiger partial charge is 0.480 e. The Hall–Kier alpha value is -1.89. The van der Waals surface area contributed by atoms with E-state index in [1.165, 1.54) is 0 Å². The third-order valence-electron chi connectivity index (χ3n) is 1.94. The van der Waals surface area contributed by atoms with Crippen molar-refractivity contribution >= 4 is 5.90 Å². The number of nitriles is 1. The van der Waals surface area contributed by atoms with E-state index in [2.05, 4.69) is 9.98 Å². The van der Waals surface area contributed by atoms with Gasteiger partial charge in [0.1, 0.15) is 0 Å². The average Bonchev–Trinajstić information content (AvgIpc) is 2.22. The van der Waals surface area contributed by atoms with Gasteiger partial charge in [-0.25, -0.2) is 0 Å². The number of aliphatic imine (C=N–C) groups is 1. The van der Waals surface area contributed by atoms with Gasteiger partial charge < -0.3 is 4.74 Å². The Morgan fingerprint density at radius 2 is 2.47 bits per heavy atom. The van der Waals surface area contributed by atoms with Crippen molar-refractivity contribution in [2.45, 2.75) is 20.3 Å². The first-order chi connectivity index (χ1) is 7.27. The zero-order chi connectivity index (χ0) is 11.1. The van der Waals surface area contributed by atoms with Gasteiger partial charge in [0, 0.05) is 11.9 Å². The van der Waals surface area contributed by atoms with Gasteiger partial charge >= 0.3 is 0 Å². The van der Waals surface area contributed by atoms with Crippen LogP contribution in [0.2, 0.25) is 0 Å². The van der Waals surface area contributed by atoms with Crippen molar-refractivity contribution in [2.75, 3.05) is 6.61 Å². The molecule has 0 aliphatic heterocycles. The SMILES string of the molecule is CCO/C(Cc1cccnc1C)=N/C#N. The topological polar surface area (TPSA) is 58.3 Å². The van der Waals surface area contributed by atoms with Crippen molar-refractivity contribution in [2.24, 2.45) is 4.99 Å². The molecule has 4 heteroatoms. The lowest BCUT2D eigenvalue weighted by atomic mass is 10.1. The number of ether oxygens (including phenoxy) is 1. The van der Waals surface area contributed by atoms with Gasteiger partial charge in [-0.05, 0) is 25.5 Å². The zero-order valence-electron chi connectivity index (χ0n) is 8.90. The Bertz CT molecular complexity index is 393. The number of nitrogens with zero attached hydrogens (tertiary/aromatic N) is 3. The molecule has 0 aliphatic carbocycles. The van der Waals surface area contributed by atoms with Gasteiger partial charge in [0.15, 0.2) is 0 Å². The number of pyridine rings is 1. The quantitative estimate of drug-likeness (QED) is 0.428. The van der Waals surface area contributed by atoms with E-state index in [1.54, 1.807) is 12.4 Å². The predicted octanol–water partition coefficient (Wildman–Crippen LogP) is 1.85. The smallest absolute Gasteiger partial charge is 0.208 e. The van der Waals surface area contributed by atoms with Crippen LogP contribution in [0.4, 0.5) is 0 Å². The van der Waals surface area contributed by atoms with Crippen molar-refractivity contribution in [3.05, 3.63) is 29.6 Å². The third-order valence-corrected chi connectivity index (χ3v) is 1.94. The summed E-state index contributed by atoms with van der Waals surface area (Å²) in [5.41, 5.74) is 1.96. The van der Waals surface area contributed by atoms with E-state index < -0.39 is 0 Å². The molecule has 0 aliphatic rings. The Morgan fingerprint density at radius 1 is 1.67 bits per heavy atom. The highest BCUT2D eigenvalue weighted by atomic mass is 16.5. The molecule has 0 spiro atoms. The molecule has 0 bridgehead atoms. The molecule has 0 N–H and O–H groups in total. The van der Waals surface area contributed by atoms with Crippen LogP contribution in [0.5, 0.6) is 0 Å². The first-order valence-corrected chi connectivity index (χ1v) is 4.76. The van der Waals surface area contributed by atoms with E-state index in [1.807, 2.05) is 26.0 Å². The van der Waals surface area contributed by atoms with Gasteiger partial charge in [-0.2, -0.15) is 5.26 Å². The molecular formula is C11H13N3O. The fourth-order valence-electron chi connectivity index (χ4n) is 1.21. The number of aryl methyl sites for hydroxylation is 1. The van der Waals surface area contributed by atoms with Crippen LogP contribution in [0, 0.1) is 18.4 Å². The monoisotopic (exact) mass is 203 g/mol. The molecule has 15 heavy (non-hydrogen) atoms. The highest BCUT2D eigenvalue weighted by Crippen LogP contribution is 2.06. The molecule has 1 aromatic rings. The standard InChI is InChI=1S/C11H13N3O/c1-3-15-11(14-8-12)7-10-5-4-6-13-9(10)2/h4-6H,3,7H2,1-2H3/b14-11+. The first-order valence-electron chi connectivity index (χ1n) is 4.76. The number of hydrogen-bond donors (Lipinski definition) is 0. The molecule has 0 atom stereocenters. The minimum absolute atomic E-state index is 0.441. The summed E-state index contributed by atoms with van der Waals surface area (Å²) in [6.07, 6.45) is 3.99. The predicted molar refractivity (Wildman–Crippen MR) is 57.4 cm³/mol. The molecule has 0 saturated heterocycles. The maximum Gasteiger partial charge on any atom is 0.208 e. The summed E-state index contributed by atoms with van der Waals surface area (Å²) in [7, 11) is 0. The maximum absolute atomic E-state index is 8.48. The summed E-state index contributed by atoms with van der Waals surface area (Å²) in [6.45, 7) is 4.30. The Kier molecular flexibility index (Phi) is 4.30. The molecule has 1 rings (SSSR count). The highest BCUT2D eigenvalue weighted by Gasteiger charge is 2.05. The van der Waals surface area contributed by atoms with Gasteiger partial charge in [0.05, 0.1) is 13.0 Å². The molecule has 0 radical (unpaired) electrons. The fraction of sp³-hybridized carbons (Fsp3) is 0.364. The van der Waals surface area contributed by atoms with E-state index in [0.717, 1.165) is 11.3 Å². The fourth-order valence-corrected chi connectivity index (χ4v) is 1.21. The van der Waals surface area contributed by atoms with Crippen molar-refractivity contribution in [1.29, 1.82) is 5.26 Å². The van der Waals surface area contributed by atoms with Crippen LogP contribution in [0.25, 0.3) is 0 Å². The minimum Gasteiger partial charge on any atom is -0.480 e. The second-order valence-electron chi connectivity index (χ2n) is 2.96. The zero-order valence-corrected chi connectivity index (χ0v) is 8.90. The minimum atomic E-state index is 0.441. The van der Waals surface area contributed by atoms with Crippen molar-refractivity contribution in [1.82, 2.24) is 4.98 Å². The summed E-state index contributed by atoms with van der Waals surface area (Å²) in [5.74, 6) is 0.441. The second-order valence-corrected chi connectivity index (χ2v) is 2.96. The molecule has 1 heterocycles. The number of rotatable bonds is 3. The average molecular weight is 203 g/mol. The van der Waals surface area contributed by atoms with Crippen LogP contribution in [0.3, 0.4) is 0 Å². The molecule has 0 unspecified atom stereocenters. The Labute approximate surface area is 89.2 Å². The highest BCUT2D eigenvalue weighted by molar-refractivity contribution is 5.79. The molecule has 0 aromatic carbocycles. The van der Waals surface area contributed by atoms with E-state index >= 15 is 0 Å². The van der Waals surface area contributed by atoms with Gasteiger partial charge in [-0.15, -0.1) is 4.99 Å².